The van der Waals surface area contributed by atoms with E-state index < -0.39 is 0 Å². The molecule has 2 aromatic heterocycles. The third kappa shape index (κ3) is 2.13. The van der Waals surface area contributed by atoms with Crippen molar-refractivity contribution in [2.45, 2.75) is 0 Å². The molecule has 0 bridgehead atoms. The first-order valence-electron chi connectivity index (χ1n) is 4.80. The lowest BCUT2D eigenvalue weighted by molar-refractivity contribution is 1.11. The predicted molar refractivity (Wildman–Crippen MR) is 61.8 cm³/mol. The lowest BCUT2D eigenvalue weighted by atomic mass is 10.1. The number of pyridine rings is 2. The summed E-state index contributed by atoms with van der Waals surface area (Å²) in [5, 5.41) is 0. The van der Waals surface area contributed by atoms with Gasteiger partial charge in [-0.05, 0) is 12.1 Å². The van der Waals surface area contributed by atoms with E-state index in [0.29, 0.717) is 0 Å². The van der Waals surface area contributed by atoms with E-state index in [2.05, 4.69) is 16.0 Å². The summed E-state index contributed by atoms with van der Waals surface area (Å²) < 4.78 is 0. The van der Waals surface area contributed by atoms with E-state index >= 15 is 0 Å². The Labute approximate surface area is 89.4 Å². The molecule has 0 aliphatic rings. The first-order chi connectivity index (χ1) is 7.27. The second kappa shape index (κ2) is 4.09. The molecule has 0 unspecified atom stereocenters. The summed E-state index contributed by atoms with van der Waals surface area (Å²) in [6, 6.07) is 6.06. The van der Waals surface area contributed by atoms with Crippen molar-refractivity contribution < 1.29 is 0 Å². The molecule has 15 heavy (non-hydrogen) atoms. The second-order valence-electron chi connectivity index (χ2n) is 3.57. The first kappa shape index (κ1) is 9.65. The number of hydrogen-bond donors (Lipinski definition) is 0. The molecule has 2 rings (SSSR count). The Hall–Kier alpha value is -1.90. The van der Waals surface area contributed by atoms with Gasteiger partial charge in [0.1, 0.15) is 0 Å². The van der Waals surface area contributed by atoms with E-state index in [1.54, 1.807) is 6.20 Å². The minimum atomic E-state index is 1.09. The van der Waals surface area contributed by atoms with Gasteiger partial charge in [0.25, 0.3) is 0 Å². The molecule has 0 saturated carbocycles. The van der Waals surface area contributed by atoms with Crippen LogP contribution < -0.4 is 4.90 Å². The van der Waals surface area contributed by atoms with Crippen molar-refractivity contribution in [1.82, 2.24) is 9.97 Å². The van der Waals surface area contributed by atoms with Gasteiger partial charge in [-0.15, -0.1) is 0 Å². The smallest absolute Gasteiger partial charge is 0.0553 e. The Kier molecular flexibility index (Phi) is 2.63. The van der Waals surface area contributed by atoms with Gasteiger partial charge in [-0.25, -0.2) is 0 Å². The third-order valence-electron chi connectivity index (χ3n) is 2.24. The molecule has 0 atom stereocenters. The molecular weight excluding hydrogens is 186 g/mol. The Bertz CT molecular complexity index is 438. The quantitative estimate of drug-likeness (QED) is 0.742. The maximum absolute atomic E-state index is 4.21. The van der Waals surface area contributed by atoms with Crippen molar-refractivity contribution in [3.63, 3.8) is 0 Å². The second-order valence-corrected chi connectivity index (χ2v) is 3.57. The fourth-order valence-corrected chi connectivity index (χ4v) is 1.36. The fraction of sp³-hybridized carbons (Fsp3) is 0.167. The molecule has 0 aliphatic heterocycles. The molecule has 2 aromatic rings. The van der Waals surface area contributed by atoms with Crippen LogP contribution in [-0.4, -0.2) is 24.1 Å². The van der Waals surface area contributed by atoms with Crippen LogP contribution >= 0.6 is 0 Å². The normalized spacial score (nSPS) is 10.0. The van der Waals surface area contributed by atoms with Crippen LogP contribution in [0.1, 0.15) is 0 Å². The molecule has 0 spiro atoms. The van der Waals surface area contributed by atoms with Gasteiger partial charge in [0.15, 0.2) is 0 Å². The number of hydrogen-bond acceptors (Lipinski definition) is 3. The zero-order valence-electron chi connectivity index (χ0n) is 8.88. The van der Waals surface area contributed by atoms with Crippen molar-refractivity contribution in [1.29, 1.82) is 0 Å². The van der Waals surface area contributed by atoms with E-state index in [9.17, 15) is 0 Å². The largest absolute Gasteiger partial charge is 0.376 e. The van der Waals surface area contributed by atoms with Crippen molar-refractivity contribution in [3.8, 4) is 11.1 Å². The van der Waals surface area contributed by atoms with Crippen LogP contribution in [0.3, 0.4) is 0 Å². The number of aromatic nitrogens is 2. The SMILES string of the molecule is CN(C)c1cncc(-c2cccnc2)c1. The van der Waals surface area contributed by atoms with Crippen molar-refractivity contribution in [3.05, 3.63) is 43.0 Å². The van der Waals surface area contributed by atoms with Gasteiger partial charge in [-0.1, -0.05) is 6.07 Å². The topological polar surface area (TPSA) is 29.0 Å². The summed E-state index contributed by atoms with van der Waals surface area (Å²) in [4.78, 5) is 10.3. The Morgan fingerprint density at radius 3 is 2.47 bits per heavy atom. The summed E-state index contributed by atoms with van der Waals surface area (Å²) in [5.41, 5.74) is 3.28. The van der Waals surface area contributed by atoms with Crippen LogP contribution in [0.25, 0.3) is 11.1 Å². The minimum absolute atomic E-state index is 1.09. The zero-order valence-corrected chi connectivity index (χ0v) is 8.88. The summed E-state index contributed by atoms with van der Waals surface area (Å²) in [6.07, 6.45) is 7.31. The summed E-state index contributed by atoms with van der Waals surface area (Å²) >= 11 is 0. The molecule has 3 nitrogen and oxygen atoms in total. The van der Waals surface area contributed by atoms with E-state index in [-0.39, 0.29) is 0 Å². The van der Waals surface area contributed by atoms with Gasteiger partial charge in [-0.3, -0.25) is 9.97 Å². The molecule has 0 aliphatic carbocycles. The van der Waals surface area contributed by atoms with Crippen LogP contribution in [0.4, 0.5) is 5.69 Å². The van der Waals surface area contributed by atoms with Crippen LogP contribution in [0, 0.1) is 0 Å². The highest BCUT2D eigenvalue weighted by atomic mass is 15.1. The Morgan fingerprint density at radius 1 is 1.00 bits per heavy atom. The maximum Gasteiger partial charge on any atom is 0.0553 e. The van der Waals surface area contributed by atoms with Crippen molar-refractivity contribution >= 4 is 5.69 Å². The number of anilines is 1. The maximum atomic E-state index is 4.21. The Morgan fingerprint density at radius 2 is 1.80 bits per heavy atom. The van der Waals surface area contributed by atoms with E-state index in [1.807, 2.05) is 49.7 Å². The lowest BCUT2D eigenvalue weighted by Gasteiger charge is -2.12. The van der Waals surface area contributed by atoms with Gasteiger partial charge in [0, 0.05) is 43.8 Å². The van der Waals surface area contributed by atoms with Crippen LogP contribution in [-0.2, 0) is 0 Å². The zero-order chi connectivity index (χ0) is 10.7. The fourth-order valence-electron chi connectivity index (χ4n) is 1.36. The standard InChI is InChI=1S/C12H13N3/c1-15(2)12-6-11(8-14-9-12)10-4-3-5-13-7-10/h3-9H,1-2H3. The average molecular weight is 199 g/mol. The molecule has 0 amide bonds. The van der Waals surface area contributed by atoms with E-state index in [1.165, 1.54) is 0 Å². The molecule has 0 radical (unpaired) electrons. The summed E-state index contributed by atoms with van der Waals surface area (Å²) in [5.74, 6) is 0. The van der Waals surface area contributed by atoms with Gasteiger partial charge in [-0.2, -0.15) is 0 Å². The van der Waals surface area contributed by atoms with Crippen LogP contribution in [0.2, 0.25) is 0 Å². The van der Waals surface area contributed by atoms with Gasteiger partial charge >= 0.3 is 0 Å². The van der Waals surface area contributed by atoms with Gasteiger partial charge in [0.05, 0.1) is 11.9 Å². The molecule has 0 aromatic carbocycles. The van der Waals surface area contributed by atoms with Crippen LogP contribution in [0.15, 0.2) is 43.0 Å². The summed E-state index contributed by atoms with van der Waals surface area (Å²) in [6.45, 7) is 0. The van der Waals surface area contributed by atoms with E-state index in [4.69, 9.17) is 0 Å². The molecule has 2 heterocycles. The first-order valence-corrected chi connectivity index (χ1v) is 4.80. The number of nitrogens with zero attached hydrogens (tertiary/aromatic N) is 3. The molecule has 0 fully saturated rings. The molecule has 3 heteroatoms. The molecule has 0 N–H and O–H groups in total. The van der Waals surface area contributed by atoms with Crippen LogP contribution in [0.5, 0.6) is 0 Å². The lowest BCUT2D eigenvalue weighted by Crippen LogP contribution is -2.08. The monoisotopic (exact) mass is 199 g/mol. The van der Waals surface area contributed by atoms with Gasteiger partial charge < -0.3 is 4.90 Å². The minimum Gasteiger partial charge on any atom is -0.376 e. The highest BCUT2D eigenvalue weighted by Crippen LogP contribution is 2.21. The molecule has 76 valence electrons. The summed E-state index contributed by atoms with van der Waals surface area (Å²) in [7, 11) is 4.01. The van der Waals surface area contributed by atoms with Crippen molar-refractivity contribution in [2.75, 3.05) is 19.0 Å². The van der Waals surface area contributed by atoms with Gasteiger partial charge in [0.2, 0.25) is 0 Å². The Balaban J connectivity index is 2.42. The number of rotatable bonds is 2. The van der Waals surface area contributed by atoms with E-state index in [0.717, 1.165) is 16.8 Å². The third-order valence-corrected chi connectivity index (χ3v) is 2.24. The average Bonchev–Trinajstić information content (AvgIpc) is 2.30. The van der Waals surface area contributed by atoms with Crippen molar-refractivity contribution in [2.24, 2.45) is 0 Å². The molecular formula is C12H13N3. The highest BCUT2D eigenvalue weighted by molar-refractivity contribution is 5.65. The molecule has 0 saturated heterocycles. The predicted octanol–water partition coefficient (Wildman–Crippen LogP) is 2.21. The highest BCUT2D eigenvalue weighted by Gasteiger charge is 2.00.